The van der Waals surface area contributed by atoms with Gasteiger partial charge < -0.3 is 10.2 Å². The molecule has 0 atom stereocenters. The Kier molecular flexibility index (Phi) is 3.68. The molecular weight excluding hydrogens is 268 g/mol. The molecule has 2 heterocycles. The van der Waals surface area contributed by atoms with Crippen molar-refractivity contribution in [3.05, 3.63) is 48.3 Å². The topological polar surface area (TPSA) is 67.2 Å². The number of para-hydroxylation sites is 1. The molecule has 1 aromatic carbocycles. The molecule has 0 saturated carbocycles. The summed E-state index contributed by atoms with van der Waals surface area (Å²) in [4.78, 5) is 25.4. The number of hydrogen-bond donors (Lipinski definition) is 1. The lowest BCUT2D eigenvalue weighted by Crippen LogP contribution is -2.34. The molecule has 1 N–H and O–H groups in total. The molecule has 108 valence electrons. The summed E-state index contributed by atoms with van der Waals surface area (Å²) in [6.07, 6.45) is 2.11. The second kappa shape index (κ2) is 5.78. The van der Waals surface area contributed by atoms with Crippen molar-refractivity contribution in [3.8, 4) is 5.69 Å². The quantitative estimate of drug-likeness (QED) is 0.888. The molecule has 1 fully saturated rings. The Morgan fingerprint density at radius 3 is 2.76 bits per heavy atom. The van der Waals surface area contributed by atoms with E-state index in [1.165, 1.54) is 0 Å². The minimum Gasteiger partial charge on any atom is -0.354 e. The molecule has 6 heteroatoms. The van der Waals surface area contributed by atoms with Crippen molar-refractivity contribution in [1.82, 2.24) is 20.0 Å². The van der Waals surface area contributed by atoms with Gasteiger partial charge in [-0.15, -0.1) is 0 Å². The molecular formula is C15H16N4O2. The highest BCUT2D eigenvalue weighted by Gasteiger charge is 2.21. The number of benzene rings is 1. The lowest BCUT2D eigenvalue weighted by Gasteiger charge is -2.17. The average molecular weight is 284 g/mol. The summed E-state index contributed by atoms with van der Waals surface area (Å²) in [7, 11) is 0. The fourth-order valence-electron chi connectivity index (χ4n) is 2.29. The van der Waals surface area contributed by atoms with Crippen molar-refractivity contribution in [2.45, 2.75) is 6.42 Å². The first-order valence-corrected chi connectivity index (χ1v) is 6.91. The summed E-state index contributed by atoms with van der Waals surface area (Å²) in [5, 5.41) is 7.08. The normalized spacial score (nSPS) is 15.4. The number of carbonyl (C=O) groups excluding carboxylic acids is 2. The van der Waals surface area contributed by atoms with Crippen LogP contribution in [0.2, 0.25) is 0 Å². The lowest BCUT2D eigenvalue weighted by molar-refractivity contribution is -0.120. The van der Waals surface area contributed by atoms with E-state index < -0.39 is 0 Å². The predicted octanol–water partition coefficient (Wildman–Crippen LogP) is 0.834. The van der Waals surface area contributed by atoms with Crippen molar-refractivity contribution in [2.24, 2.45) is 0 Å². The van der Waals surface area contributed by atoms with Crippen LogP contribution in [0.3, 0.4) is 0 Å². The third-order valence-electron chi connectivity index (χ3n) is 3.43. The Morgan fingerprint density at radius 1 is 1.14 bits per heavy atom. The van der Waals surface area contributed by atoms with Gasteiger partial charge in [0.05, 0.1) is 5.69 Å². The summed E-state index contributed by atoms with van der Waals surface area (Å²) >= 11 is 0. The number of nitrogens with zero attached hydrogens (tertiary/aromatic N) is 3. The fraction of sp³-hybridized carbons (Fsp3) is 0.267. The van der Waals surface area contributed by atoms with Gasteiger partial charge in [-0.2, -0.15) is 5.10 Å². The fourth-order valence-corrected chi connectivity index (χ4v) is 2.29. The van der Waals surface area contributed by atoms with Gasteiger partial charge in [-0.3, -0.25) is 9.59 Å². The van der Waals surface area contributed by atoms with E-state index >= 15 is 0 Å². The van der Waals surface area contributed by atoms with Crippen LogP contribution in [0.25, 0.3) is 5.69 Å². The molecule has 0 radical (unpaired) electrons. The summed E-state index contributed by atoms with van der Waals surface area (Å²) in [5.74, 6) is -0.152. The molecule has 0 aliphatic carbocycles. The summed E-state index contributed by atoms with van der Waals surface area (Å²) in [6, 6.07) is 11.3. The molecule has 0 unspecified atom stereocenters. The van der Waals surface area contributed by atoms with Crippen molar-refractivity contribution < 1.29 is 9.59 Å². The lowest BCUT2D eigenvalue weighted by atomic mass is 10.3. The largest absolute Gasteiger partial charge is 0.354 e. The Bertz CT molecular complexity index is 651. The van der Waals surface area contributed by atoms with Crippen LogP contribution in [0, 0.1) is 0 Å². The van der Waals surface area contributed by atoms with Crippen molar-refractivity contribution in [1.29, 1.82) is 0 Å². The van der Waals surface area contributed by atoms with Crippen LogP contribution in [0.15, 0.2) is 42.6 Å². The van der Waals surface area contributed by atoms with E-state index in [1.807, 2.05) is 30.3 Å². The number of nitrogens with one attached hydrogen (secondary N) is 1. The van der Waals surface area contributed by atoms with E-state index in [2.05, 4.69) is 10.4 Å². The standard InChI is InChI=1S/C15H16N4O2/c20-14-7-9-18(11-8-16-14)15(21)13-6-10-19(17-13)12-4-2-1-3-5-12/h1-6,10H,7-9,11H2,(H,16,20). The molecule has 21 heavy (non-hydrogen) atoms. The minimum atomic E-state index is -0.138. The van der Waals surface area contributed by atoms with Crippen LogP contribution in [-0.4, -0.2) is 46.1 Å². The van der Waals surface area contributed by atoms with Gasteiger partial charge in [0.25, 0.3) is 5.91 Å². The molecule has 1 aliphatic rings. The van der Waals surface area contributed by atoms with Gasteiger partial charge in [-0.25, -0.2) is 4.68 Å². The van der Waals surface area contributed by atoms with Gasteiger partial charge in [0.1, 0.15) is 0 Å². The number of carbonyl (C=O) groups is 2. The monoisotopic (exact) mass is 284 g/mol. The molecule has 0 bridgehead atoms. The predicted molar refractivity (Wildman–Crippen MR) is 77.1 cm³/mol. The van der Waals surface area contributed by atoms with E-state index in [-0.39, 0.29) is 11.8 Å². The molecule has 6 nitrogen and oxygen atoms in total. The third-order valence-corrected chi connectivity index (χ3v) is 3.43. The summed E-state index contributed by atoms with van der Waals surface area (Å²) < 4.78 is 1.68. The average Bonchev–Trinajstić information content (AvgIpc) is 2.91. The SMILES string of the molecule is O=C1CCN(C(=O)c2ccn(-c3ccccc3)n2)CCN1. The third kappa shape index (κ3) is 2.94. The molecule has 1 aromatic heterocycles. The first kappa shape index (κ1) is 13.4. The maximum atomic E-state index is 12.4. The zero-order valence-electron chi connectivity index (χ0n) is 11.5. The van der Waals surface area contributed by atoms with Gasteiger partial charge in [0, 0.05) is 32.3 Å². The zero-order valence-corrected chi connectivity index (χ0v) is 11.5. The highest BCUT2D eigenvalue weighted by molar-refractivity contribution is 5.92. The maximum absolute atomic E-state index is 12.4. The molecule has 3 rings (SSSR count). The second-order valence-corrected chi connectivity index (χ2v) is 4.87. The number of rotatable bonds is 2. The molecule has 1 aliphatic heterocycles. The van der Waals surface area contributed by atoms with Gasteiger partial charge >= 0.3 is 0 Å². The van der Waals surface area contributed by atoms with Gasteiger partial charge in [0.2, 0.25) is 5.91 Å². The van der Waals surface area contributed by atoms with E-state index in [4.69, 9.17) is 0 Å². The number of hydrogen-bond acceptors (Lipinski definition) is 3. The Balaban J connectivity index is 1.76. The van der Waals surface area contributed by atoms with E-state index in [9.17, 15) is 9.59 Å². The smallest absolute Gasteiger partial charge is 0.274 e. The molecule has 2 amide bonds. The van der Waals surface area contributed by atoms with E-state index in [0.717, 1.165) is 5.69 Å². The van der Waals surface area contributed by atoms with Crippen LogP contribution in [0.4, 0.5) is 0 Å². The summed E-state index contributed by atoms with van der Waals surface area (Å²) in [5.41, 5.74) is 1.30. The maximum Gasteiger partial charge on any atom is 0.274 e. The Morgan fingerprint density at radius 2 is 1.95 bits per heavy atom. The van der Waals surface area contributed by atoms with E-state index in [1.54, 1.807) is 21.8 Å². The van der Waals surface area contributed by atoms with Crippen LogP contribution in [0.5, 0.6) is 0 Å². The number of aromatic nitrogens is 2. The minimum absolute atomic E-state index is 0.0138. The van der Waals surface area contributed by atoms with Gasteiger partial charge in [-0.05, 0) is 18.2 Å². The van der Waals surface area contributed by atoms with Crippen LogP contribution >= 0.6 is 0 Å². The molecule has 1 saturated heterocycles. The van der Waals surface area contributed by atoms with Gasteiger partial charge in [-0.1, -0.05) is 18.2 Å². The van der Waals surface area contributed by atoms with Crippen molar-refractivity contribution >= 4 is 11.8 Å². The molecule has 0 spiro atoms. The van der Waals surface area contributed by atoms with Crippen LogP contribution in [0.1, 0.15) is 16.9 Å². The van der Waals surface area contributed by atoms with Crippen LogP contribution < -0.4 is 5.32 Å². The summed E-state index contributed by atoms with van der Waals surface area (Å²) in [6.45, 7) is 1.44. The Hall–Kier alpha value is -2.63. The first-order valence-electron chi connectivity index (χ1n) is 6.91. The Labute approximate surface area is 122 Å². The highest BCUT2D eigenvalue weighted by atomic mass is 16.2. The van der Waals surface area contributed by atoms with Crippen molar-refractivity contribution in [2.75, 3.05) is 19.6 Å². The van der Waals surface area contributed by atoms with Gasteiger partial charge in [0.15, 0.2) is 5.69 Å². The zero-order chi connectivity index (χ0) is 14.7. The first-order chi connectivity index (χ1) is 10.2. The van der Waals surface area contributed by atoms with Crippen molar-refractivity contribution in [3.63, 3.8) is 0 Å². The molecule has 2 aromatic rings. The highest BCUT2D eigenvalue weighted by Crippen LogP contribution is 2.09. The van der Waals surface area contributed by atoms with Crippen LogP contribution in [-0.2, 0) is 4.79 Å². The second-order valence-electron chi connectivity index (χ2n) is 4.87. The van der Waals surface area contributed by atoms with E-state index in [0.29, 0.717) is 31.7 Å². The number of amides is 2.